The Balaban J connectivity index is 1.50. The molecule has 0 spiro atoms. The van der Waals surface area contributed by atoms with Gasteiger partial charge in [0.25, 0.3) is 0 Å². The predicted octanol–water partition coefficient (Wildman–Crippen LogP) is 2.35. The average molecular weight is 302 g/mol. The summed E-state index contributed by atoms with van der Waals surface area (Å²) in [4.78, 5) is 10.2. The fraction of sp³-hybridized carbons (Fsp3) is 0.588. The van der Waals surface area contributed by atoms with Crippen molar-refractivity contribution < 1.29 is 4.84 Å². The first-order chi connectivity index (χ1) is 10.8. The number of imidazole rings is 1. The van der Waals surface area contributed by atoms with Crippen molar-refractivity contribution in [1.29, 1.82) is 0 Å². The van der Waals surface area contributed by atoms with Gasteiger partial charge in [-0.15, -0.1) is 0 Å². The van der Waals surface area contributed by atoms with Crippen molar-refractivity contribution in [2.24, 2.45) is 0 Å². The number of hydroxylamine groups is 2. The Morgan fingerprint density at radius 1 is 1.27 bits per heavy atom. The molecule has 2 heterocycles. The summed E-state index contributed by atoms with van der Waals surface area (Å²) >= 11 is 0. The summed E-state index contributed by atoms with van der Waals surface area (Å²) in [6.07, 6.45) is 2.31. The molecule has 1 saturated heterocycles. The molecule has 1 aromatic heterocycles. The summed E-state index contributed by atoms with van der Waals surface area (Å²) in [5.74, 6) is 1.09. The van der Waals surface area contributed by atoms with Crippen LogP contribution in [0.15, 0.2) is 24.3 Å². The first-order valence-corrected chi connectivity index (χ1v) is 8.31. The summed E-state index contributed by atoms with van der Waals surface area (Å²) in [6, 6.07) is 8.96. The molecule has 0 bridgehead atoms. The van der Waals surface area contributed by atoms with Crippen LogP contribution in [-0.2, 0) is 11.4 Å². The molecule has 5 nitrogen and oxygen atoms in total. The SMILES string of the molecule is CCON1CCC(NCCn2c(C)nc3ccccc32)CC1. The van der Waals surface area contributed by atoms with Crippen LogP contribution in [-0.4, -0.2) is 46.9 Å². The molecule has 120 valence electrons. The molecule has 22 heavy (non-hydrogen) atoms. The second-order valence-electron chi connectivity index (χ2n) is 5.87. The lowest BCUT2D eigenvalue weighted by Crippen LogP contribution is -2.43. The van der Waals surface area contributed by atoms with E-state index in [9.17, 15) is 0 Å². The molecule has 0 radical (unpaired) electrons. The molecule has 5 heteroatoms. The Kier molecular flexibility index (Phi) is 5.08. The van der Waals surface area contributed by atoms with Gasteiger partial charge >= 0.3 is 0 Å². The van der Waals surface area contributed by atoms with E-state index in [0.29, 0.717) is 6.04 Å². The van der Waals surface area contributed by atoms with Gasteiger partial charge in [0.1, 0.15) is 5.82 Å². The van der Waals surface area contributed by atoms with Crippen molar-refractivity contribution in [3.05, 3.63) is 30.1 Å². The highest BCUT2D eigenvalue weighted by molar-refractivity contribution is 5.75. The van der Waals surface area contributed by atoms with Crippen LogP contribution in [0.3, 0.4) is 0 Å². The van der Waals surface area contributed by atoms with Gasteiger partial charge in [-0.3, -0.25) is 4.84 Å². The number of aryl methyl sites for hydroxylation is 1. The van der Waals surface area contributed by atoms with Gasteiger partial charge in [0, 0.05) is 32.2 Å². The highest BCUT2D eigenvalue weighted by atomic mass is 16.7. The van der Waals surface area contributed by atoms with Crippen LogP contribution in [0.25, 0.3) is 11.0 Å². The maximum Gasteiger partial charge on any atom is 0.106 e. The van der Waals surface area contributed by atoms with Crippen LogP contribution < -0.4 is 5.32 Å². The summed E-state index contributed by atoms with van der Waals surface area (Å²) in [6.45, 7) is 8.91. The number of hydrogen-bond acceptors (Lipinski definition) is 4. The first-order valence-electron chi connectivity index (χ1n) is 8.31. The molecule has 0 saturated carbocycles. The molecule has 1 aliphatic rings. The highest BCUT2D eigenvalue weighted by Gasteiger charge is 2.18. The summed E-state index contributed by atoms with van der Waals surface area (Å²) < 4.78 is 2.30. The normalized spacial score (nSPS) is 17.4. The van der Waals surface area contributed by atoms with Gasteiger partial charge in [0.2, 0.25) is 0 Å². The maximum absolute atomic E-state index is 5.55. The van der Waals surface area contributed by atoms with Crippen molar-refractivity contribution in [2.75, 3.05) is 26.2 Å². The number of aromatic nitrogens is 2. The molecule has 1 aliphatic heterocycles. The largest absolute Gasteiger partial charge is 0.327 e. The highest BCUT2D eigenvalue weighted by Crippen LogP contribution is 2.15. The molecule has 0 amide bonds. The number of rotatable bonds is 6. The lowest BCUT2D eigenvalue weighted by molar-refractivity contribution is -0.166. The molecule has 3 rings (SSSR count). The van der Waals surface area contributed by atoms with Crippen molar-refractivity contribution in [2.45, 2.75) is 39.3 Å². The molecule has 1 aromatic carbocycles. The Bertz CT molecular complexity index is 602. The van der Waals surface area contributed by atoms with Gasteiger partial charge < -0.3 is 9.88 Å². The summed E-state index contributed by atoms with van der Waals surface area (Å²) in [5.41, 5.74) is 2.32. The van der Waals surface area contributed by atoms with Gasteiger partial charge in [-0.1, -0.05) is 12.1 Å². The Morgan fingerprint density at radius 3 is 2.82 bits per heavy atom. The van der Waals surface area contributed by atoms with Crippen molar-refractivity contribution in [3.8, 4) is 0 Å². The minimum atomic E-state index is 0.604. The number of benzene rings is 1. The van der Waals surface area contributed by atoms with Gasteiger partial charge in [-0.05, 0) is 38.8 Å². The number of para-hydroxylation sites is 2. The molecule has 0 aliphatic carbocycles. The number of hydrogen-bond donors (Lipinski definition) is 1. The standard InChI is InChI=1S/C17H26N4O/c1-3-22-20-11-8-15(9-12-20)18-10-13-21-14(2)19-16-6-4-5-7-17(16)21/h4-7,15,18H,3,8-13H2,1-2H3. The van der Waals surface area contributed by atoms with E-state index in [1.54, 1.807) is 0 Å². The molecule has 2 aromatic rings. The van der Waals surface area contributed by atoms with Gasteiger partial charge in [-0.2, -0.15) is 5.06 Å². The van der Waals surface area contributed by atoms with Gasteiger partial charge in [0.15, 0.2) is 0 Å². The van der Waals surface area contributed by atoms with E-state index in [1.165, 1.54) is 5.52 Å². The van der Waals surface area contributed by atoms with E-state index < -0.39 is 0 Å². The van der Waals surface area contributed by atoms with Crippen molar-refractivity contribution in [3.63, 3.8) is 0 Å². The van der Waals surface area contributed by atoms with Crippen LogP contribution in [0.1, 0.15) is 25.6 Å². The number of nitrogens with zero attached hydrogens (tertiary/aromatic N) is 3. The minimum absolute atomic E-state index is 0.604. The second-order valence-corrected chi connectivity index (χ2v) is 5.87. The summed E-state index contributed by atoms with van der Waals surface area (Å²) in [5, 5.41) is 5.77. The Hall–Kier alpha value is -1.43. The fourth-order valence-electron chi connectivity index (χ4n) is 3.23. The zero-order valence-corrected chi connectivity index (χ0v) is 13.6. The lowest BCUT2D eigenvalue weighted by atomic mass is 10.1. The van der Waals surface area contributed by atoms with Crippen molar-refractivity contribution >= 4 is 11.0 Å². The van der Waals surface area contributed by atoms with Gasteiger partial charge in [-0.25, -0.2) is 4.98 Å². The Morgan fingerprint density at radius 2 is 2.05 bits per heavy atom. The summed E-state index contributed by atoms with van der Waals surface area (Å²) in [7, 11) is 0. The zero-order valence-electron chi connectivity index (χ0n) is 13.6. The smallest absolute Gasteiger partial charge is 0.106 e. The number of nitrogens with one attached hydrogen (secondary N) is 1. The number of piperidine rings is 1. The second kappa shape index (κ2) is 7.22. The third-order valence-corrected chi connectivity index (χ3v) is 4.38. The van der Waals surface area contributed by atoms with E-state index >= 15 is 0 Å². The van der Waals surface area contributed by atoms with Crippen LogP contribution in [0.5, 0.6) is 0 Å². The Labute approximate surface area is 132 Å². The van der Waals surface area contributed by atoms with Crippen LogP contribution in [0, 0.1) is 6.92 Å². The van der Waals surface area contributed by atoms with Crippen LogP contribution in [0.2, 0.25) is 0 Å². The molecule has 0 atom stereocenters. The molecule has 1 fully saturated rings. The van der Waals surface area contributed by atoms with Crippen LogP contribution >= 0.6 is 0 Å². The quantitative estimate of drug-likeness (QED) is 0.889. The third kappa shape index (κ3) is 3.48. The molecular formula is C17H26N4O. The topological polar surface area (TPSA) is 42.3 Å². The van der Waals surface area contributed by atoms with E-state index in [4.69, 9.17) is 4.84 Å². The molecule has 0 unspecified atom stereocenters. The average Bonchev–Trinajstić information content (AvgIpc) is 2.85. The predicted molar refractivity (Wildman–Crippen MR) is 88.7 cm³/mol. The van der Waals surface area contributed by atoms with Crippen molar-refractivity contribution in [1.82, 2.24) is 19.9 Å². The fourth-order valence-corrected chi connectivity index (χ4v) is 3.23. The maximum atomic E-state index is 5.55. The third-order valence-electron chi connectivity index (χ3n) is 4.38. The first kappa shape index (κ1) is 15.5. The van der Waals surface area contributed by atoms with Crippen LogP contribution in [0.4, 0.5) is 0 Å². The molecular weight excluding hydrogens is 276 g/mol. The van der Waals surface area contributed by atoms with E-state index in [-0.39, 0.29) is 0 Å². The number of fused-ring (bicyclic) bond motifs is 1. The van der Waals surface area contributed by atoms with E-state index in [0.717, 1.165) is 57.0 Å². The van der Waals surface area contributed by atoms with E-state index in [1.807, 2.05) is 13.0 Å². The monoisotopic (exact) mass is 302 g/mol. The van der Waals surface area contributed by atoms with Gasteiger partial charge in [0.05, 0.1) is 17.6 Å². The minimum Gasteiger partial charge on any atom is -0.327 e. The van der Waals surface area contributed by atoms with E-state index in [2.05, 4.69) is 45.1 Å². The zero-order chi connectivity index (χ0) is 15.4. The molecule has 1 N–H and O–H groups in total. The lowest BCUT2D eigenvalue weighted by Gasteiger charge is -2.31.